The van der Waals surface area contributed by atoms with Gasteiger partial charge in [-0.2, -0.15) is 0 Å². The molecular formula is C29H29FO4. The first kappa shape index (κ1) is 22.5. The molecule has 0 radical (unpaired) electrons. The molecule has 3 aromatic carbocycles. The number of fused-ring (bicyclic) bond motifs is 1. The number of hydrogen-bond donors (Lipinski definition) is 0. The van der Waals surface area contributed by atoms with Gasteiger partial charge in [-0.3, -0.25) is 4.79 Å². The minimum atomic E-state index is -0.439. The SMILES string of the molecule is O=C(CCc1ccccc1)c1cc([C@@H]2CCCC[C@H]2COc2ccc3c(c2)OCO3)ccc1F. The van der Waals surface area contributed by atoms with Crippen molar-refractivity contribution in [2.24, 2.45) is 5.92 Å². The van der Waals surface area contributed by atoms with Gasteiger partial charge in [0.25, 0.3) is 0 Å². The third-order valence-electron chi connectivity index (χ3n) is 6.92. The Morgan fingerprint density at radius 1 is 0.941 bits per heavy atom. The normalized spacial score (nSPS) is 19.1. The van der Waals surface area contributed by atoms with E-state index in [2.05, 4.69) is 0 Å². The van der Waals surface area contributed by atoms with Gasteiger partial charge >= 0.3 is 0 Å². The molecule has 0 N–H and O–H groups in total. The van der Waals surface area contributed by atoms with Crippen LogP contribution in [0.5, 0.6) is 17.2 Å². The second kappa shape index (κ2) is 10.3. The number of rotatable bonds is 8. The molecule has 0 unspecified atom stereocenters. The summed E-state index contributed by atoms with van der Waals surface area (Å²) in [5, 5.41) is 0. The van der Waals surface area contributed by atoms with Gasteiger partial charge in [0.1, 0.15) is 11.6 Å². The summed E-state index contributed by atoms with van der Waals surface area (Å²) < 4.78 is 31.6. The van der Waals surface area contributed by atoms with Crippen LogP contribution in [0, 0.1) is 11.7 Å². The Morgan fingerprint density at radius 3 is 2.65 bits per heavy atom. The third-order valence-corrected chi connectivity index (χ3v) is 6.92. The fourth-order valence-electron chi connectivity index (χ4n) is 5.04. The van der Waals surface area contributed by atoms with E-state index in [1.807, 2.05) is 54.6 Å². The largest absolute Gasteiger partial charge is 0.493 e. The van der Waals surface area contributed by atoms with Crippen molar-refractivity contribution in [3.8, 4) is 17.2 Å². The average Bonchev–Trinajstić information content (AvgIpc) is 3.35. The number of benzene rings is 3. The number of ether oxygens (including phenoxy) is 3. The molecule has 1 aliphatic heterocycles. The summed E-state index contributed by atoms with van der Waals surface area (Å²) in [5.41, 5.74) is 2.32. The van der Waals surface area contributed by atoms with Crippen LogP contribution in [0.15, 0.2) is 66.7 Å². The van der Waals surface area contributed by atoms with Gasteiger partial charge in [0, 0.05) is 12.5 Å². The highest BCUT2D eigenvalue weighted by molar-refractivity contribution is 5.96. The summed E-state index contributed by atoms with van der Waals surface area (Å²) in [6, 6.07) is 20.5. The first-order valence-corrected chi connectivity index (χ1v) is 12.1. The maximum atomic E-state index is 14.6. The number of carbonyl (C=O) groups is 1. The highest BCUT2D eigenvalue weighted by Gasteiger charge is 2.28. The predicted molar refractivity (Wildman–Crippen MR) is 128 cm³/mol. The molecule has 5 heteroatoms. The van der Waals surface area contributed by atoms with E-state index in [0.717, 1.165) is 48.3 Å². The molecule has 5 rings (SSSR count). The molecule has 2 atom stereocenters. The smallest absolute Gasteiger partial charge is 0.231 e. The Kier molecular flexibility index (Phi) is 6.79. The van der Waals surface area contributed by atoms with Gasteiger partial charge in [-0.1, -0.05) is 49.2 Å². The van der Waals surface area contributed by atoms with Crippen LogP contribution in [0.3, 0.4) is 0 Å². The first-order chi connectivity index (χ1) is 16.7. The zero-order valence-corrected chi connectivity index (χ0v) is 19.2. The summed E-state index contributed by atoms with van der Waals surface area (Å²) in [5.74, 6) is 2.15. The Morgan fingerprint density at radius 2 is 1.76 bits per heavy atom. The van der Waals surface area contributed by atoms with Crippen molar-refractivity contribution < 1.29 is 23.4 Å². The summed E-state index contributed by atoms with van der Waals surface area (Å²) in [6.07, 6.45) is 5.24. The fourth-order valence-corrected chi connectivity index (χ4v) is 5.04. The third kappa shape index (κ3) is 5.09. The van der Waals surface area contributed by atoms with Crippen molar-refractivity contribution in [2.45, 2.75) is 44.4 Å². The molecule has 4 nitrogen and oxygen atoms in total. The molecule has 1 heterocycles. The first-order valence-electron chi connectivity index (χ1n) is 12.1. The molecule has 0 saturated heterocycles. The van der Waals surface area contributed by atoms with E-state index in [0.29, 0.717) is 31.1 Å². The topological polar surface area (TPSA) is 44.8 Å². The second-order valence-corrected chi connectivity index (χ2v) is 9.13. The van der Waals surface area contributed by atoms with Gasteiger partial charge in [0.15, 0.2) is 17.3 Å². The van der Waals surface area contributed by atoms with E-state index in [1.165, 1.54) is 6.07 Å². The quantitative estimate of drug-likeness (QED) is 0.350. The molecule has 34 heavy (non-hydrogen) atoms. The van der Waals surface area contributed by atoms with Gasteiger partial charge in [0.05, 0.1) is 12.2 Å². The van der Waals surface area contributed by atoms with Crippen molar-refractivity contribution in [3.63, 3.8) is 0 Å². The minimum absolute atomic E-state index is 0.146. The summed E-state index contributed by atoms with van der Waals surface area (Å²) in [6.45, 7) is 0.805. The highest BCUT2D eigenvalue weighted by Crippen LogP contribution is 2.40. The number of aryl methyl sites for hydroxylation is 1. The number of halogens is 1. The molecule has 0 bridgehead atoms. The van der Waals surface area contributed by atoms with Crippen LogP contribution in [-0.4, -0.2) is 19.2 Å². The zero-order valence-electron chi connectivity index (χ0n) is 19.2. The molecule has 2 aliphatic rings. The highest BCUT2D eigenvalue weighted by atomic mass is 19.1. The van der Waals surface area contributed by atoms with Gasteiger partial charge in [-0.15, -0.1) is 0 Å². The van der Waals surface area contributed by atoms with E-state index in [4.69, 9.17) is 14.2 Å². The number of hydrogen-bond acceptors (Lipinski definition) is 4. The van der Waals surface area contributed by atoms with Gasteiger partial charge in [-0.05, 0) is 66.5 Å². The Bertz CT molecular complexity index is 1140. The molecule has 1 aliphatic carbocycles. The summed E-state index contributed by atoms with van der Waals surface area (Å²) >= 11 is 0. The van der Waals surface area contributed by atoms with E-state index in [-0.39, 0.29) is 24.1 Å². The maximum Gasteiger partial charge on any atom is 0.231 e. The zero-order chi connectivity index (χ0) is 23.3. The van der Waals surface area contributed by atoms with E-state index in [9.17, 15) is 9.18 Å². The lowest BCUT2D eigenvalue weighted by atomic mass is 9.75. The van der Waals surface area contributed by atoms with Crippen LogP contribution < -0.4 is 14.2 Å². The minimum Gasteiger partial charge on any atom is -0.493 e. The number of carbonyl (C=O) groups excluding carboxylic acids is 1. The molecule has 1 saturated carbocycles. The van der Waals surface area contributed by atoms with Crippen LogP contribution in [0.4, 0.5) is 4.39 Å². The number of Topliss-reactive ketones (excluding diaryl/α,β-unsaturated/α-hetero) is 1. The van der Waals surface area contributed by atoms with Crippen molar-refractivity contribution >= 4 is 5.78 Å². The lowest BCUT2D eigenvalue weighted by Crippen LogP contribution is -2.24. The van der Waals surface area contributed by atoms with Crippen LogP contribution in [0.1, 0.15) is 59.5 Å². The van der Waals surface area contributed by atoms with Crippen LogP contribution in [-0.2, 0) is 6.42 Å². The standard InChI is InChI=1S/C29H29FO4/c30-26-13-11-21(16-25(26)27(31)14-10-20-6-2-1-3-7-20)24-9-5-4-8-22(24)18-32-23-12-15-28-29(17-23)34-19-33-28/h1-3,6-7,11-13,15-17,22,24H,4-5,8-10,14,18-19H2/t22-,24-/m0/s1. The van der Waals surface area contributed by atoms with Gasteiger partial charge in [0.2, 0.25) is 6.79 Å². The Labute approximate surface area is 199 Å². The Hall–Kier alpha value is -3.34. The van der Waals surface area contributed by atoms with Crippen LogP contribution in [0.25, 0.3) is 0 Å². The predicted octanol–water partition coefficient (Wildman–Crippen LogP) is 6.72. The monoisotopic (exact) mass is 460 g/mol. The van der Waals surface area contributed by atoms with Crippen LogP contribution in [0.2, 0.25) is 0 Å². The lowest BCUT2D eigenvalue weighted by molar-refractivity contribution is 0.0978. The van der Waals surface area contributed by atoms with Gasteiger partial charge < -0.3 is 14.2 Å². The average molecular weight is 461 g/mol. The summed E-state index contributed by atoms with van der Waals surface area (Å²) in [7, 11) is 0. The molecule has 176 valence electrons. The van der Waals surface area contributed by atoms with E-state index in [1.54, 1.807) is 6.07 Å². The van der Waals surface area contributed by atoms with Crippen LogP contribution >= 0.6 is 0 Å². The van der Waals surface area contributed by atoms with E-state index < -0.39 is 5.82 Å². The van der Waals surface area contributed by atoms with Crippen molar-refractivity contribution in [1.29, 1.82) is 0 Å². The molecule has 3 aromatic rings. The molecule has 0 spiro atoms. The molecule has 0 amide bonds. The van der Waals surface area contributed by atoms with Crippen molar-refractivity contribution in [1.82, 2.24) is 0 Å². The Balaban J connectivity index is 1.27. The van der Waals surface area contributed by atoms with E-state index >= 15 is 0 Å². The number of ketones is 1. The lowest BCUT2D eigenvalue weighted by Gasteiger charge is -2.32. The van der Waals surface area contributed by atoms with Crippen molar-refractivity contribution in [3.05, 3.63) is 89.2 Å². The second-order valence-electron chi connectivity index (χ2n) is 9.13. The van der Waals surface area contributed by atoms with Crippen molar-refractivity contribution in [2.75, 3.05) is 13.4 Å². The fraction of sp³-hybridized carbons (Fsp3) is 0.345. The molecule has 0 aromatic heterocycles. The van der Waals surface area contributed by atoms with Gasteiger partial charge in [-0.25, -0.2) is 4.39 Å². The molecule has 1 fully saturated rings. The summed E-state index contributed by atoms with van der Waals surface area (Å²) in [4.78, 5) is 12.9. The maximum absolute atomic E-state index is 14.6. The molecular weight excluding hydrogens is 431 g/mol.